The fraction of sp³-hybridized carbons (Fsp3) is 0.500. The molecule has 1 aliphatic carbocycles. The number of ether oxygens (including phenoxy) is 2. The van der Waals surface area contributed by atoms with Crippen molar-refractivity contribution in [3.8, 4) is 5.75 Å². The van der Waals surface area contributed by atoms with Crippen LogP contribution in [0.4, 0.5) is 0 Å². The third-order valence-corrected chi connectivity index (χ3v) is 7.94. The largest absolute Gasteiger partial charge is 0.497 e. The molecule has 1 fully saturated rings. The second-order valence-electron chi connectivity index (χ2n) is 9.43. The number of hydrogen-bond donors (Lipinski definition) is 2. The molecule has 2 N–H and O–H groups in total. The highest BCUT2D eigenvalue weighted by atomic mass is 32.2. The van der Waals surface area contributed by atoms with Gasteiger partial charge in [0.05, 0.1) is 12.0 Å². The van der Waals surface area contributed by atoms with Gasteiger partial charge >= 0.3 is 0 Å². The molecule has 3 rings (SSSR count). The lowest BCUT2D eigenvalue weighted by Gasteiger charge is -2.29. The van der Waals surface area contributed by atoms with Crippen molar-refractivity contribution in [3.05, 3.63) is 59.7 Å². The fourth-order valence-corrected chi connectivity index (χ4v) is 5.21. The van der Waals surface area contributed by atoms with Gasteiger partial charge in [-0.25, -0.2) is 13.1 Å². The minimum atomic E-state index is -3.52. The number of hydrogen-bond acceptors (Lipinski definition) is 6. The number of benzene rings is 2. The van der Waals surface area contributed by atoms with Crippen LogP contribution in [-0.2, 0) is 37.3 Å². The second kappa shape index (κ2) is 14.3. The lowest BCUT2D eigenvalue weighted by atomic mass is 10.1. The topological polar surface area (TPSA) is 114 Å². The van der Waals surface area contributed by atoms with Gasteiger partial charge in [-0.3, -0.25) is 9.59 Å². The quantitative estimate of drug-likeness (QED) is 0.314. The molecule has 0 aliphatic heterocycles. The summed E-state index contributed by atoms with van der Waals surface area (Å²) < 4.78 is 38.0. The predicted molar refractivity (Wildman–Crippen MR) is 145 cm³/mol. The average Bonchev–Trinajstić information content (AvgIpc) is 3.73. The first-order valence-electron chi connectivity index (χ1n) is 13.1. The zero-order chi connectivity index (χ0) is 27.5. The summed E-state index contributed by atoms with van der Waals surface area (Å²) >= 11 is 0. The van der Waals surface area contributed by atoms with Gasteiger partial charge in [-0.1, -0.05) is 24.3 Å². The number of rotatable bonds is 16. The molecular formula is C28H39N3O6S. The molecule has 0 heterocycles. The highest BCUT2D eigenvalue weighted by molar-refractivity contribution is 7.89. The molecule has 0 spiro atoms. The Morgan fingerprint density at radius 2 is 1.71 bits per heavy atom. The zero-order valence-electron chi connectivity index (χ0n) is 22.4. The smallest absolute Gasteiger partial charge is 0.242 e. The molecule has 208 valence electrons. The Kier molecular flexibility index (Phi) is 11.1. The van der Waals surface area contributed by atoms with E-state index in [2.05, 4.69) is 10.0 Å². The van der Waals surface area contributed by atoms with Crippen LogP contribution in [0.3, 0.4) is 0 Å². The van der Waals surface area contributed by atoms with Crippen molar-refractivity contribution in [2.75, 3.05) is 26.9 Å². The molecule has 9 nitrogen and oxygen atoms in total. The molecule has 2 amide bonds. The first-order chi connectivity index (χ1) is 18.2. The van der Waals surface area contributed by atoms with Gasteiger partial charge in [0.2, 0.25) is 21.8 Å². The van der Waals surface area contributed by atoms with E-state index >= 15 is 0 Å². The summed E-state index contributed by atoms with van der Waals surface area (Å²) in [5.74, 6) is 0.329. The molecule has 1 aliphatic rings. The number of aryl methyl sites for hydroxylation is 1. The van der Waals surface area contributed by atoms with Gasteiger partial charge in [0, 0.05) is 38.8 Å². The van der Waals surface area contributed by atoms with Gasteiger partial charge in [0.1, 0.15) is 11.8 Å². The molecule has 0 radical (unpaired) electrons. The molecule has 0 saturated heterocycles. The van der Waals surface area contributed by atoms with Gasteiger partial charge in [0.15, 0.2) is 0 Å². The van der Waals surface area contributed by atoms with Gasteiger partial charge in [-0.05, 0) is 74.9 Å². The molecule has 0 unspecified atom stereocenters. The summed E-state index contributed by atoms with van der Waals surface area (Å²) in [5.41, 5.74) is 1.73. The normalized spacial score (nSPS) is 14.1. The van der Waals surface area contributed by atoms with E-state index in [4.69, 9.17) is 9.47 Å². The Morgan fingerprint density at radius 3 is 2.32 bits per heavy atom. The molecular weight excluding hydrogens is 506 g/mol. The highest BCUT2D eigenvalue weighted by Crippen LogP contribution is 2.22. The number of sulfonamides is 1. The van der Waals surface area contributed by atoms with E-state index in [9.17, 15) is 18.0 Å². The lowest BCUT2D eigenvalue weighted by Crippen LogP contribution is -2.48. The molecule has 38 heavy (non-hydrogen) atoms. The highest BCUT2D eigenvalue weighted by Gasteiger charge is 2.28. The third kappa shape index (κ3) is 9.11. The van der Waals surface area contributed by atoms with Crippen molar-refractivity contribution in [1.82, 2.24) is 14.9 Å². The van der Waals surface area contributed by atoms with E-state index in [1.54, 1.807) is 43.2 Å². The van der Waals surface area contributed by atoms with Crippen LogP contribution in [-0.4, -0.2) is 64.1 Å². The molecule has 0 aromatic heterocycles. The minimum absolute atomic E-state index is 0.0397. The molecule has 1 saturated carbocycles. The summed E-state index contributed by atoms with van der Waals surface area (Å²) in [6, 6.07) is 13.4. The minimum Gasteiger partial charge on any atom is -0.497 e. The number of nitrogens with zero attached hydrogens (tertiary/aromatic N) is 1. The molecule has 2 aromatic carbocycles. The van der Waals surface area contributed by atoms with Crippen molar-refractivity contribution in [2.24, 2.45) is 0 Å². The first-order valence-corrected chi connectivity index (χ1v) is 14.6. The summed E-state index contributed by atoms with van der Waals surface area (Å²) in [5, 5.41) is 2.90. The summed E-state index contributed by atoms with van der Waals surface area (Å²) in [6.07, 6.45) is 3.05. The van der Waals surface area contributed by atoms with Crippen LogP contribution >= 0.6 is 0 Å². The summed E-state index contributed by atoms with van der Waals surface area (Å²) in [4.78, 5) is 28.0. The Hall–Kier alpha value is -2.95. The maximum atomic E-state index is 13.4. The van der Waals surface area contributed by atoms with E-state index in [0.29, 0.717) is 38.3 Å². The van der Waals surface area contributed by atoms with Gasteiger partial charge in [-0.2, -0.15) is 0 Å². The Bertz CT molecular complexity index is 1150. The van der Waals surface area contributed by atoms with Crippen LogP contribution in [0.5, 0.6) is 5.75 Å². The first kappa shape index (κ1) is 29.6. The summed E-state index contributed by atoms with van der Waals surface area (Å²) in [6.45, 7) is 5.59. The number of methoxy groups -OCH3 is 1. The number of carbonyl (C=O) groups is 2. The maximum absolute atomic E-state index is 13.4. The lowest BCUT2D eigenvalue weighted by molar-refractivity contribution is -0.140. The Balaban J connectivity index is 1.64. The Morgan fingerprint density at radius 1 is 1.05 bits per heavy atom. The van der Waals surface area contributed by atoms with E-state index < -0.39 is 16.1 Å². The third-order valence-electron chi connectivity index (χ3n) is 6.41. The number of nitrogens with one attached hydrogen (secondary N) is 2. The van der Waals surface area contributed by atoms with Crippen LogP contribution in [0, 0.1) is 0 Å². The van der Waals surface area contributed by atoms with Crippen LogP contribution in [0.15, 0.2) is 53.4 Å². The van der Waals surface area contributed by atoms with Gasteiger partial charge in [0.25, 0.3) is 0 Å². The van der Waals surface area contributed by atoms with E-state index in [0.717, 1.165) is 24.0 Å². The fourth-order valence-electron chi connectivity index (χ4n) is 3.91. The standard InChI is InChI=1S/C28H39N3O6S/c1-4-37-19-5-18-29-28(33)21(2)31(20-23-6-13-25(36-3)14-7-23)27(32)17-10-22-8-15-26(16-9-22)38(34,35)30-24-11-12-24/h6-9,13-16,21,24,30H,4-5,10-12,17-20H2,1-3H3,(H,29,33)/t21-/m1/s1. The zero-order valence-corrected chi connectivity index (χ0v) is 23.3. The van der Waals surface area contributed by atoms with Gasteiger partial charge in [-0.15, -0.1) is 0 Å². The average molecular weight is 546 g/mol. The van der Waals surface area contributed by atoms with Crippen molar-refractivity contribution >= 4 is 21.8 Å². The van der Waals surface area contributed by atoms with Crippen molar-refractivity contribution in [1.29, 1.82) is 0 Å². The van der Waals surface area contributed by atoms with Crippen LogP contribution in [0.1, 0.15) is 50.7 Å². The van der Waals surface area contributed by atoms with Crippen molar-refractivity contribution < 1.29 is 27.5 Å². The van der Waals surface area contributed by atoms with Gasteiger partial charge < -0.3 is 19.7 Å². The molecule has 1 atom stereocenters. The van der Waals surface area contributed by atoms with Crippen molar-refractivity contribution in [3.63, 3.8) is 0 Å². The molecule has 0 bridgehead atoms. The van der Waals surface area contributed by atoms with E-state index in [1.165, 1.54) is 0 Å². The maximum Gasteiger partial charge on any atom is 0.242 e. The Labute approximate surface area is 225 Å². The van der Waals surface area contributed by atoms with Crippen LogP contribution < -0.4 is 14.8 Å². The molecule has 2 aromatic rings. The van der Waals surface area contributed by atoms with Crippen molar-refractivity contribution in [2.45, 2.75) is 69.5 Å². The van der Waals surface area contributed by atoms with Crippen LogP contribution in [0.2, 0.25) is 0 Å². The number of carbonyl (C=O) groups excluding carboxylic acids is 2. The monoisotopic (exact) mass is 545 g/mol. The van der Waals surface area contributed by atoms with Crippen LogP contribution in [0.25, 0.3) is 0 Å². The predicted octanol–water partition coefficient (Wildman–Crippen LogP) is 3.03. The summed E-state index contributed by atoms with van der Waals surface area (Å²) in [7, 11) is -1.93. The van der Waals surface area contributed by atoms with E-state index in [1.807, 2.05) is 31.2 Å². The van der Waals surface area contributed by atoms with E-state index in [-0.39, 0.29) is 35.7 Å². The molecule has 10 heteroatoms. The second-order valence-corrected chi connectivity index (χ2v) is 11.1. The number of amides is 2. The SMILES string of the molecule is CCOCCCNC(=O)[C@@H](C)N(Cc1ccc(OC)cc1)C(=O)CCc1ccc(S(=O)(=O)NC2CC2)cc1.